The molecule has 0 N–H and O–H groups in total. The zero-order valence-electron chi connectivity index (χ0n) is 11.9. The fourth-order valence-corrected chi connectivity index (χ4v) is 3.80. The van der Waals surface area contributed by atoms with Gasteiger partial charge in [0.05, 0.1) is 0 Å². The summed E-state index contributed by atoms with van der Waals surface area (Å²) < 4.78 is 5.96. The van der Waals surface area contributed by atoms with Gasteiger partial charge in [-0.2, -0.15) is 0 Å². The molecule has 0 amide bonds. The molecule has 100 valence electrons. The molecule has 20 heavy (non-hydrogen) atoms. The van der Waals surface area contributed by atoms with Crippen molar-refractivity contribution in [1.82, 2.24) is 0 Å². The van der Waals surface area contributed by atoms with Gasteiger partial charge in [-0.1, -0.05) is 49.4 Å². The zero-order chi connectivity index (χ0) is 13.7. The minimum Gasteiger partial charge on any atom is -0.461 e. The van der Waals surface area contributed by atoms with Gasteiger partial charge in [-0.3, -0.25) is 0 Å². The van der Waals surface area contributed by atoms with Crippen molar-refractivity contribution in [2.45, 2.75) is 32.1 Å². The molecule has 0 saturated heterocycles. The van der Waals surface area contributed by atoms with E-state index in [9.17, 15) is 0 Å². The Labute approximate surface area is 119 Å². The summed E-state index contributed by atoms with van der Waals surface area (Å²) in [6, 6.07) is 17.2. The fourth-order valence-electron chi connectivity index (χ4n) is 3.80. The summed E-state index contributed by atoms with van der Waals surface area (Å²) in [5, 5.41) is 1.29. The second kappa shape index (κ2) is 4.24. The summed E-state index contributed by atoms with van der Waals surface area (Å²) in [5.74, 6) is 2.18. The summed E-state index contributed by atoms with van der Waals surface area (Å²) in [5.41, 5.74) is 5.42. The molecule has 1 heteroatoms. The topological polar surface area (TPSA) is 13.1 Å². The Morgan fingerprint density at radius 3 is 2.60 bits per heavy atom. The standard InChI is InChI=1S/C19H18O/c1-12-15-8-4-3-7-14(15)11-17(12)19-13(2)20-18-10-6-5-9-16(18)19/h3-10,12,17H,11H2,1-2H3/t12-,17?/m1/s1. The highest BCUT2D eigenvalue weighted by Crippen LogP contribution is 2.47. The Balaban J connectivity index is 1.88. The monoisotopic (exact) mass is 262 g/mol. The van der Waals surface area contributed by atoms with Gasteiger partial charge >= 0.3 is 0 Å². The molecule has 3 aromatic rings. The number of hydrogen-bond donors (Lipinski definition) is 0. The largest absolute Gasteiger partial charge is 0.461 e. The number of hydrogen-bond acceptors (Lipinski definition) is 1. The van der Waals surface area contributed by atoms with E-state index < -0.39 is 0 Å². The molecule has 1 aliphatic carbocycles. The maximum atomic E-state index is 5.96. The maximum absolute atomic E-state index is 5.96. The van der Waals surface area contributed by atoms with Crippen LogP contribution in [-0.2, 0) is 6.42 Å². The molecule has 0 saturated carbocycles. The second-order valence-electron chi connectivity index (χ2n) is 5.87. The van der Waals surface area contributed by atoms with E-state index in [4.69, 9.17) is 4.42 Å². The van der Waals surface area contributed by atoms with E-state index in [0.29, 0.717) is 11.8 Å². The molecule has 4 rings (SSSR count). The lowest BCUT2D eigenvalue weighted by molar-refractivity contribution is 0.549. The fraction of sp³-hybridized carbons (Fsp3) is 0.263. The van der Waals surface area contributed by atoms with E-state index in [0.717, 1.165) is 17.8 Å². The van der Waals surface area contributed by atoms with Crippen molar-refractivity contribution in [3.05, 3.63) is 71.0 Å². The van der Waals surface area contributed by atoms with E-state index in [1.165, 1.54) is 22.1 Å². The minimum absolute atomic E-state index is 0.538. The van der Waals surface area contributed by atoms with Crippen LogP contribution in [0.15, 0.2) is 52.9 Å². The van der Waals surface area contributed by atoms with Crippen LogP contribution in [-0.4, -0.2) is 0 Å². The SMILES string of the molecule is Cc1oc2ccccc2c1C1Cc2ccccc2[C@H]1C. The van der Waals surface area contributed by atoms with Crippen LogP contribution >= 0.6 is 0 Å². The van der Waals surface area contributed by atoms with Gasteiger partial charge in [0.2, 0.25) is 0 Å². The van der Waals surface area contributed by atoms with Crippen LogP contribution in [0.25, 0.3) is 11.0 Å². The summed E-state index contributed by atoms with van der Waals surface area (Å²) in [4.78, 5) is 0. The molecular formula is C19H18O. The molecule has 1 aliphatic rings. The van der Waals surface area contributed by atoms with Gasteiger partial charge in [-0.15, -0.1) is 0 Å². The molecular weight excluding hydrogens is 244 g/mol. The number of fused-ring (bicyclic) bond motifs is 2. The smallest absolute Gasteiger partial charge is 0.134 e. The first-order valence-corrected chi connectivity index (χ1v) is 7.31. The lowest BCUT2D eigenvalue weighted by Gasteiger charge is -2.16. The average molecular weight is 262 g/mol. The lowest BCUT2D eigenvalue weighted by atomic mass is 9.86. The van der Waals surface area contributed by atoms with E-state index in [1.54, 1.807) is 0 Å². The van der Waals surface area contributed by atoms with Crippen molar-refractivity contribution in [2.75, 3.05) is 0 Å². The average Bonchev–Trinajstić information content (AvgIpc) is 2.96. The number of rotatable bonds is 1. The van der Waals surface area contributed by atoms with Gasteiger partial charge in [-0.25, -0.2) is 0 Å². The summed E-state index contributed by atoms with van der Waals surface area (Å²) in [6.07, 6.45) is 1.13. The van der Waals surface area contributed by atoms with Crippen molar-refractivity contribution < 1.29 is 4.42 Å². The van der Waals surface area contributed by atoms with E-state index in [1.807, 2.05) is 6.07 Å². The third-order valence-electron chi connectivity index (χ3n) is 4.78. The predicted molar refractivity (Wildman–Crippen MR) is 82.3 cm³/mol. The quantitative estimate of drug-likeness (QED) is 0.588. The predicted octanol–water partition coefficient (Wildman–Crippen LogP) is 5.18. The Kier molecular flexibility index (Phi) is 2.50. The van der Waals surface area contributed by atoms with E-state index in [2.05, 4.69) is 56.3 Å². The molecule has 1 aromatic heterocycles. The third-order valence-corrected chi connectivity index (χ3v) is 4.78. The maximum Gasteiger partial charge on any atom is 0.134 e. The van der Waals surface area contributed by atoms with Crippen molar-refractivity contribution in [2.24, 2.45) is 0 Å². The molecule has 0 fully saturated rings. The van der Waals surface area contributed by atoms with Crippen LogP contribution in [0, 0.1) is 6.92 Å². The van der Waals surface area contributed by atoms with Gasteiger partial charge < -0.3 is 4.42 Å². The highest BCUT2D eigenvalue weighted by atomic mass is 16.3. The number of aryl methyl sites for hydroxylation is 1. The van der Waals surface area contributed by atoms with Crippen molar-refractivity contribution in [1.29, 1.82) is 0 Å². The number of para-hydroxylation sites is 1. The Morgan fingerprint density at radius 2 is 1.75 bits per heavy atom. The van der Waals surface area contributed by atoms with Crippen LogP contribution in [0.2, 0.25) is 0 Å². The molecule has 1 heterocycles. The van der Waals surface area contributed by atoms with Crippen LogP contribution in [0.3, 0.4) is 0 Å². The highest BCUT2D eigenvalue weighted by Gasteiger charge is 2.33. The lowest BCUT2D eigenvalue weighted by Crippen LogP contribution is -2.03. The molecule has 0 aliphatic heterocycles. The second-order valence-corrected chi connectivity index (χ2v) is 5.87. The zero-order valence-corrected chi connectivity index (χ0v) is 11.9. The summed E-state index contributed by atoms with van der Waals surface area (Å²) >= 11 is 0. The first-order valence-electron chi connectivity index (χ1n) is 7.31. The number of benzene rings is 2. The third kappa shape index (κ3) is 1.56. The van der Waals surface area contributed by atoms with Crippen molar-refractivity contribution in [3.8, 4) is 0 Å². The molecule has 0 bridgehead atoms. The van der Waals surface area contributed by atoms with Gasteiger partial charge in [-0.05, 0) is 42.4 Å². The normalized spacial score (nSPS) is 21.3. The molecule has 1 unspecified atom stereocenters. The van der Waals surface area contributed by atoms with Gasteiger partial charge in [0, 0.05) is 10.9 Å². The summed E-state index contributed by atoms with van der Waals surface area (Å²) in [7, 11) is 0. The minimum atomic E-state index is 0.538. The molecule has 2 atom stereocenters. The highest BCUT2D eigenvalue weighted by molar-refractivity contribution is 5.83. The first-order chi connectivity index (χ1) is 9.75. The van der Waals surface area contributed by atoms with Crippen molar-refractivity contribution in [3.63, 3.8) is 0 Å². The van der Waals surface area contributed by atoms with Gasteiger partial charge in [0.15, 0.2) is 0 Å². The Morgan fingerprint density at radius 1 is 1.00 bits per heavy atom. The van der Waals surface area contributed by atoms with Crippen LogP contribution in [0.4, 0.5) is 0 Å². The van der Waals surface area contributed by atoms with E-state index >= 15 is 0 Å². The number of furan rings is 1. The Hall–Kier alpha value is -2.02. The molecule has 2 aromatic carbocycles. The Bertz CT molecular complexity index is 781. The molecule has 0 radical (unpaired) electrons. The summed E-state index contributed by atoms with van der Waals surface area (Å²) in [6.45, 7) is 4.45. The van der Waals surface area contributed by atoms with Crippen LogP contribution in [0.1, 0.15) is 41.2 Å². The van der Waals surface area contributed by atoms with Crippen LogP contribution in [0.5, 0.6) is 0 Å². The first kappa shape index (κ1) is 11.8. The molecule has 0 spiro atoms. The van der Waals surface area contributed by atoms with Gasteiger partial charge in [0.1, 0.15) is 11.3 Å². The van der Waals surface area contributed by atoms with Gasteiger partial charge in [0.25, 0.3) is 0 Å². The van der Waals surface area contributed by atoms with Crippen LogP contribution < -0.4 is 0 Å². The van der Waals surface area contributed by atoms with Crippen molar-refractivity contribution >= 4 is 11.0 Å². The molecule has 1 nitrogen and oxygen atoms in total. The van der Waals surface area contributed by atoms with E-state index in [-0.39, 0.29) is 0 Å².